The number of ether oxygens (including phenoxy) is 1. The molecule has 1 aromatic rings. The van der Waals surface area contributed by atoms with Gasteiger partial charge in [0.05, 0.1) is 0 Å². The van der Waals surface area contributed by atoms with Gasteiger partial charge in [-0.3, -0.25) is 24.1 Å². The number of β-lactam (4-membered cyclic amide) rings is 1. The molecule has 3 atom stereocenters. The first-order valence-electron chi connectivity index (χ1n) is 10.2. The van der Waals surface area contributed by atoms with E-state index in [1.54, 1.807) is 0 Å². The Morgan fingerprint density at radius 1 is 1.40 bits per heavy atom. The molecule has 0 aromatic carbocycles. The highest BCUT2D eigenvalue weighted by Crippen LogP contribution is 2.40. The number of aromatic nitrogens is 1. The number of thiazole rings is 1. The highest BCUT2D eigenvalue weighted by molar-refractivity contribution is 8.00. The molecule has 2 saturated heterocycles. The van der Waals surface area contributed by atoms with Crippen LogP contribution in [0.1, 0.15) is 19.0 Å². The van der Waals surface area contributed by atoms with Crippen LogP contribution in [0.25, 0.3) is 0 Å². The Morgan fingerprint density at radius 3 is 2.77 bits per heavy atom. The number of aliphatic carboxylic acids is 1. The smallest absolute Gasteiger partial charge is 0.352 e. The third-order valence-corrected chi connectivity index (χ3v) is 7.25. The number of hydrogen-bond donors (Lipinski definition) is 4. The Labute approximate surface area is 205 Å². The van der Waals surface area contributed by atoms with Gasteiger partial charge in [0.25, 0.3) is 17.7 Å². The fourth-order valence-electron chi connectivity index (χ4n) is 3.58. The van der Waals surface area contributed by atoms with Gasteiger partial charge in [-0.1, -0.05) is 5.16 Å². The van der Waals surface area contributed by atoms with Crippen LogP contribution >= 0.6 is 23.1 Å². The van der Waals surface area contributed by atoms with Crippen molar-refractivity contribution in [3.05, 3.63) is 22.3 Å². The molecule has 2 fully saturated rings. The maximum Gasteiger partial charge on any atom is 0.352 e. The molecule has 4 heterocycles. The number of anilines is 1. The van der Waals surface area contributed by atoms with E-state index in [1.165, 1.54) is 24.1 Å². The van der Waals surface area contributed by atoms with E-state index in [4.69, 9.17) is 15.3 Å². The molecule has 4 rings (SSSR count). The number of nitrogens with one attached hydrogen (secondary N) is 2. The first kappa shape index (κ1) is 24.5. The molecule has 0 saturated carbocycles. The van der Waals surface area contributed by atoms with E-state index in [1.807, 2.05) is 0 Å². The summed E-state index contributed by atoms with van der Waals surface area (Å²) in [6, 6.07) is -1.05. The molecule has 186 valence electrons. The van der Waals surface area contributed by atoms with Gasteiger partial charge in [-0.05, 0) is 0 Å². The number of hydrogen-bond acceptors (Lipinski definition) is 12. The molecule has 0 aliphatic carbocycles. The minimum absolute atomic E-state index is 0.0955. The lowest BCUT2D eigenvalue weighted by Crippen LogP contribution is -2.71. The Morgan fingerprint density at radius 2 is 2.17 bits per heavy atom. The summed E-state index contributed by atoms with van der Waals surface area (Å²) in [5.74, 6) is -3.58. The maximum absolute atomic E-state index is 13.1. The van der Waals surface area contributed by atoms with Gasteiger partial charge < -0.3 is 31.0 Å². The van der Waals surface area contributed by atoms with E-state index >= 15 is 0 Å². The van der Waals surface area contributed by atoms with Gasteiger partial charge in [0, 0.05) is 36.6 Å². The van der Waals surface area contributed by atoms with Gasteiger partial charge in [0.2, 0.25) is 6.10 Å². The van der Waals surface area contributed by atoms with Gasteiger partial charge in [-0.15, -0.1) is 23.1 Å². The van der Waals surface area contributed by atoms with Crippen molar-refractivity contribution in [2.45, 2.75) is 30.9 Å². The van der Waals surface area contributed by atoms with Crippen molar-refractivity contribution in [2.75, 3.05) is 24.6 Å². The molecule has 0 bridgehead atoms. The SMILES string of the molecule is CC(=O)OCC1=C(C(=O)O)N2C(=O)[C@H](NC(=O)C(=NO[C@H]3CCNC3=O)c3csc(N)n3)[C@H]2SC1. The number of carbonyl (C=O) groups is 5. The Balaban J connectivity index is 1.51. The minimum atomic E-state index is -1.35. The quantitative estimate of drug-likeness (QED) is 0.135. The molecule has 5 N–H and O–H groups in total. The number of oxime groups is 1. The number of fused-ring (bicyclic) bond motifs is 1. The summed E-state index contributed by atoms with van der Waals surface area (Å²) in [4.78, 5) is 70.9. The summed E-state index contributed by atoms with van der Waals surface area (Å²) in [7, 11) is 0. The van der Waals surface area contributed by atoms with Crippen LogP contribution in [-0.2, 0) is 33.5 Å². The number of amides is 3. The van der Waals surface area contributed by atoms with Crippen LogP contribution in [0.4, 0.5) is 5.13 Å². The number of esters is 1. The zero-order valence-corrected chi connectivity index (χ0v) is 19.8. The average Bonchev–Trinajstić information content (AvgIpc) is 3.43. The van der Waals surface area contributed by atoms with E-state index in [0.29, 0.717) is 13.0 Å². The molecular weight excluding hydrogens is 504 g/mol. The Hall–Kier alpha value is -3.66. The van der Waals surface area contributed by atoms with Gasteiger partial charge in [-0.2, -0.15) is 0 Å². The third kappa shape index (κ3) is 4.93. The summed E-state index contributed by atoms with van der Waals surface area (Å²) in [5.41, 5.74) is 5.47. The van der Waals surface area contributed by atoms with E-state index in [-0.39, 0.29) is 46.1 Å². The third-order valence-electron chi connectivity index (χ3n) is 5.24. The van der Waals surface area contributed by atoms with Crippen LogP contribution in [0.15, 0.2) is 21.8 Å². The number of carbonyl (C=O) groups excluding carboxylic acids is 4. The van der Waals surface area contributed by atoms with E-state index in [2.05, 4.69) is 20.8 Å². The fourth-order valence-corrected chi connectivity index (χ4v) is 5.46. The Bertz CT molecular complexity index is 1160. The summed E-state index contributed by atoms with van der Waals surface area (Å²) in [5, 5.41) is 19.5. The summed E-state index contributed by atoms with van der Waals surface area (Å²) in [6.45, 7) is 1.35. The molecular formula is C19H20N6O8S2. The van der Waals surface area contributed by atoms with Crippen molar-refractivity contribution < 1.29 is 38.7 Å². The topological polar surface area (TPSA) is 203 Å². The van der Waals surface area contributed by atoms with Crippen molar-refractivity contribution in [1.82, 2.24) is 20.5 Å². The van der Waals surface area contributed by atoms with Crippen LogP contribution in [-0.4, -0.2) is 86.8 Å². The standard InChI is InChI=1S/C19H20N6O8S2/c1-7(26)32-4-8-5-34-17-12(16(29)25(17)13(8)18(30)31)23-15(28)11(9-6-35-19(20)22-9)24-33-10-2-3-21-14(10)27/h6,10,12,17H,2-5H2,1H3,(H2,20,22)(H,21,27)(H,23,28)(H,30,31)/t10-,12-,17+/m0/s1. The van der Waals surface area contributed by atoms with Crippen LogP contribution in [0, 0.1) is 0 Å². The number of nitrogen functional groups attached to an aromatic ring is 1. The van der Waals surface area contributed by atoms with Gasteiger partial charge in [-0.25, -0.2) is 9.78 Å². The van der Waals surface area contributed by atoms with Crippen molar-refractivity contribution in [3.63, 3.8) is 0 Å². The molecule has 14 nitrogen and oxygen atoms in total. The predicted octanol–water partition coefficient (Wildman–Crippen LogP) is -1.36. The predicted molar refractivity (Wildman–Crippen MR) is 122 cm³/mol. The Kier molecular flexibility index (Phi) is 6.93. The molecule has 0 unspecified atom stereocenters. The van der Waals surface area contributed by atoms with Crippen molar-refractivity contribution >= 4 is 63.6 Å². The number of thioether (sulfide) groups is 1. The number of carboxylic acid groups (broad SMARTS) is 1. The second kappa shape index (κ2) is 9.91. The number of rotatable bonds is 8. The maximum atomic E-state index is 13.1. The summed E-state index contributed by atoms with van der Waals surface area (Å²) < 4.78 is 4.90. The molecule has 0 spiro atoms. The molecule has 3 aliphatic rings. The van der Waals surface area contributed by atoms with Crippen molar-refractivity contribution in [2.24, 2.45) is 5.16 Å². The molecule has 35 heavy (non-hydrogen) atoms. The number of nitrogens with two attached hydrogens (primary N) is 1. The van der Waals surface area contributed by atoms with E-state index < -0.39 is 41.3 Å². The normalized spacial score (nSPS) is 23.9. The van der Waals surface area contributed by atoms with E-state index in [0.717, 1.165) is 16.2 Å². The zero-order chi connectivity index (χ0) is 25.3. The van der Waals surface area contributed by atoms with Crippen LogP contribution in [0.2, 0.25) is 0 Å². The first-order chi connectivity index (χ1) is 16.7. The molecule has 16 heteroatoms. The van der Waals surface area contributed by atoms with Gasteiger partial charge >= 0.3 is 11.9 Å². The van der Waals surface area contributed by atoms with Crippen molar-refractivity contribution in [1.29, 1.82) is 0 Å². The van der Waals surface area contributed by atoms with Crippen molar-refractivity contribution in [3.8, 4) is 0 Å². The number of carboxylic acids is 1. The van der Waals surface area contributed by atoms with Crippen LogP contribution < -0.4 is 16.4 Å². The highest BCUT2D eigenvalue weighted by Gasteiger charge is 2.54. The highest BCUT2D eigenvalue weighted by atomic mass is 32.2. The largest absolute Gasteiger partial charge is 0.477 e. The number of nitrogens with zero attached hydrogens (tertiary/aromatic N) is 3. The fraction of sp³-hybridized carbons (Fsp3) is 0.421. The first-order valence-corrected chi connectivity index (χ1v) is 12.2. The van der Waals surface area contributed by atoms with Gasteiger partial charge in [0.15, 0.2) is 10.8 Å². The van der Waals surface area contributed by atoms with Gasteiger partial charge in [0.1, 0.15) is 29.4 Å². The summed E-state index contributed by atoms with van der Waals surface area (Å²) in [6.07, 6.45) is -0.506. The molecule has 1 aromatic heterocycles. The molecule has 3 amide bonds. The lowest BCUT2D eigenvalue weighted by Gasteiger charge is -2.49. The minimum Gasteiger partial charge on any atom is -0.477 e. The monoisotopic (exact) mass is 524 g/mol. The second-order valence-corrected chi connectivity index (χ2v) is 9.58. The van der Waals surface area contributed by atoms with Crippen LogP contribution in [0.5, 0.6) is 0 Å². The summed E-state index contributed by atoms with van der Waals surface area (Å²) >= 11 is 2.27. The molecule has 0 radical (unpaired) electrons. The second-order valence-electron chi connectivity index (χ2n) is 7.58. The zero-order valence-electron chi connectivity index (χ0n) is 18.2. The average molecular weight is 525 g/mol. The van der Waals surface area contributed by atoms with Crippen LogP contribution in [0.3, 0.4) is 0 Å². The molecule has 3 aliphatic heterocycles. The lowest BCUT2D eigenvalue weighted by atomic mass is 10.0. The van der Waals surface area contributed by atoms with E-state index in [9.17, 15) is 29.1 Å². The lowest BCUT2D eigenvalue weighted by molar-refractivity contribution is -0.150.